The van der Waals surface area contributed by atoms with Crippen molar-refractivity contribution in [3.05, 3.63) is 54.1 Å². The molecule has 142 valence electrons. The van der Waals surface area contributed by atoms with Gasteiger partial charge in [-0.05, 0) is 31.1 Å². The van der Waals surface area contributed by atoms with Gasteiger partial charge in [-0.2, -0.15) is 10.2 Å². The van der Waals surface area contributed by atoms with Gasteiger partial charge in [0.05, 0.1) is 7.11 Å². The van der Waals surface area contributed by atoms with Crippen molar-refractivity contribution >= 4 is 11.8 Å². The molecule has 1 unspecified atom stereocenters. The molecule has 1 aromatic carbocycles. The Labute approximate surface area is 163 Å². The molecule has 8 nitrogen and oxygen atoms in total. The molecule has 3 heterocycles. The topological polar surface area (TPSA) is 90.8 Å². The standard InChI is InChI=1S/C20H20N6O2/c1-27-26-12-9-22-17(14-21)20(26)25-10-7-15(8-11-25)13-18-23-19(28-24-18)16-5-3-2-4-6-16/h2-6,9,12-13,20H,7-8,10-11H2,1H3. The van der Waals surface area contributed by atoms with Crippen LogP contribution in [-0.4, -0.2) is 52.2 Å². The van der Waals surface area contributed by atoms with Crippen LogP contribution in [0.4, 0.5) is 0 Å². The van der Waals surface area contributed by atoms with E-state index in [-0.39, 0.29) is 6.17 Å². The lowest BCUT2D eigenvalue weighted by Crippen LogP contribution is -2.53. The lowest BCUT2D eigenvalue weighted by molar-refractivity contribution is -0.141. The molecule has 1 fully saturated rings. The minimum atomic E-state index is -0.295. The van der Waals surface area contributed by atoms with E-state index in [0.717, 1.165) is 31.5 Å². The Balaban J connectivity index is 1.43. The van der Waals surface area contributed by atoms with E-state index in [2.05, 4.69) is 26.1 Å². The van der Waals surface area contributed by atoms with Gasteiger partial charge in [0.1, 0.15) is 6.07 Å². The molecule has 0 amide bonds. The highest BCUT2D eigenvalue weighted by Crippen LogP contribution is 2.24. The zero-order chi connectivity index (χ0) is 19.3. The molecule has 2 aromatic rings. The van der Waals surface area contributed by atoms with Crippen LogP contribution in [0.15, 0.2) is 57.8 Å². The zero-order valence-corrected chi connectivity index (χ0v) is 15.5. The van der Waals surface area contributed by atoms with Crippen molar-refractivity contribution in [1.82, 2.24) is 20.1 Å². The quantitative estimate of drug-likeness (QED) is 0.810. The number of hydroxylamine groups is 2. The molecule has 0 bridgehead atoms. The summed E-state index contributed by atoms with van der Waals surface area (Å²) in [5, 5.41) is 15.1. The van der Waals surface area contributed by atoms with Gasteiger partial charge in [-0.1, -0.05) is 28.9 Å². The van der Waals surface area contributed by atoms with E-state index in [1.807, 2.05) is 36.4 Å². The number of hydrogen-bond donors (Lipinski definition) is 0. The summed E-state index contributed by atoms with van der Waals surface area (Å²) in [6.45, 7) is 1.57. The summed E-state index contributed by atoms with van der Waals surface area (Å²) in [7, 11) is 1.59. The van der Waals surface area contributed by atoms with Crippen molar-refractivity contribution in [2.45, 2.75) is 19.0 Å². The first kappa shape index (κ1) is 18.1. The van der Waals surface area contributed by atoms with Crippen molar-refractivity contribution < 1.29 is 9.36 Å². The summed E-state index contributed by atoms with van der Waals surface area (Å²) in [5.41, 5.74) is 2.59. The van der Waals surface area contributed by atoms with E-state index < -0.39 is 0 Å². The van der Waals surface area contributed by atoms with Gasteiger partial charge in [0, 0.05) is 31.1 Å². The van der Waals surface area contributed by atoms with Crippen LogP contribution < -0.4 is 0 Å². The van der Waals surface area contributed by atoms with Gasteiger partial charge >= 0.3 is 0 Å². The second-order valence-electron chi connectivity index (χ2n) is 6.50. The summed E-state index contributed by atoms with van der Waals surface area (Å²) in [5.74, 6) is 1.10. The van der Waals surface area contributed by atoms with Gasteiger partial charge in [0.15, 0.2) is 17.7 Å². The van der Waals surface area contributed by atoms with Crippen LogP contribution in [0.25, 0.3) is 17.5 Å². The Morgan fingerprint density at radius 2 is 2.04 bits per heavy atom. The maximum Gasteiger partial charge on any atom is 0.258 e. The van der Waals surface area contributed by atoms with Crippen molar-refractivity contribution in [2.24, 2.45) is 4.99 Å². The van der Waals surface area contributed by atoms with Gasteiger partial charge in [0.25, 0.3) is 5.89 Å². The highest BCUT2D eigenvalue weighted by Gasteiger charge is 2.32. The Kier molecular flexibility index (Phi) is 5.28. The first-order valence-electron chi connectivity index (χ1n) is 9.08. The Morgan fingerprint density at radius 1 is 1.25 bits per heavy atom. The van der Waals surface area contributed by atoms with Gasteiger partial charge in [-0.25, -0.2) is 10.1 Å². The van der Waals surface area contributed by atoms with E-state index in [0.29, 0.717) is 17.4 Å². The largest absolute Gasteiger partial charge is 0.334 e. The van der Waals surface area contributed by atoms with E-state index in [4.69, 9.17) is 9.36 Å². The van der Waals surface area contributed by atoms with E-state index in [1.165, 1.54) is 5.57 Å². The van der Waals surface area contributed by atoms with Crippen LogP contribution in [-0.2, 0) is 4.84 Å². The van der Waals surface area contributed by atoms with Crippen LogP contribution in [0.2, 0.25) is 0 Å². The Bertz CT molecular complexity index is 947. The monoisotopic (exact) mass is 376 g/mol. The average Bonchev–Trinajstić information content (AvgIpc) is 3.23. The number of likely N-dealkylation sites (tertiary alicyclic amines) is 1. The molecule has 0 N–H and O–H groups in total. The number of rotatable bonds is 4. The SMILES string of the molecule is CON1C=CN=C(C#N)C1N1CCC(=Cc2noc(-c3ccccc3)n2)CC1. The molecule has 8 heteroatoms. The minimum absolute atomic E-state index is 0.295. The molecule has 2 aliphatic heterocycles. The van der Waals surface area contributed by atoms with Crippen LogP contribution in [0.1, 0.15) is 18.7 Å². The van der Waals surface area contributed by atoms with E-state index in [1.54, 1.807) is 24.6 Å². The van der Waals surface area contributed by atoms with Crippen LogP contribution >= 0.6 is 0 Å². The second-order valence-corrected chi connectivity index (χ2v) is 6.50. The molecule has 0 saturated carbocycles. The van der Waals surface area contributed by atoms with E-state index in [9.17, 15) is 5.26 Å². The van der Waals surface area contributed by atoms with E-state index >= 15 is 0 Å². The maximum absolute atomic E-state index is 9.39. The molecule has 1 atom stereocenters. The molecule has 0 radical (unpaired) electrons. The normalized spacial score (nSPS) is 20.0. The van der Waals surface area contributed by atoms with Crippen LogP contribution in [0.3, 0.4) is 0 Å². The van der Waals surface area contributed by atoms with Crippen LogP contribution in [0.5, 0.6) is 0 Å². The third kappa shape index (κ3) is 3.71. The summed E-state index contributed by atoms with van der Waals surface area (Å²) in [6.07, 6.45) is 6.71. The minimum Gasteiger partial charge on any atom is -0.334 e. The molecule has 0 spiro atoms. The molecular formula is C20H20N6O2. The summed E-state index contributed by atoms with van der Waals surface area (Å²) >= 11 is 0. The van der Waals surface area contributed by atoms with Crippen molar-refractivity contribution in [2.75, 3.05) is 20.2 Å². The number of hydrogen-bond acceptors (Lipinski definition) is 8. The van der Waals surface area contributed by atoms with Crippen LogP contribution in [0, 0.1) is 11.3 Å². The summed E-state index contributed by atoms with van der Waals surface area (Å²) in [6, 6.07) is 11.9. The second kappa shape index (κ2) is 8.17. The Morgan fingerprint density at radius 3 is 2.75 bits per heavy atom. The number of nitrogens with zero attached hydrogens (tertiary/aromatic N) is 6. The first-order valence-corrected chi connectivity index (χ1v) is 9.08. The molecule has 1 saturated heterocycles. The van der Waals surface area contributed by atoms with Gasteiger partial charge in [-0.3, -0.25) is 9.74 Å². The number of benzene rings is 1. The molecule has 1 aromatic heterocycles. The smallest absolute Gasteiger partial charge is 0.258 e. The van der Waals surface area contributed by atoms with Gasteiger partial charge in [0.2, 0.25) is 0 Å². The molecular weight excluding hydrogens is 356 g/mol. The fourth-order valence-electron chi connectivity index (χ4n) is 3.40. The fourth-order valence-corrected chi connectivity index (χ4v) is 3.40. The molecule has 28 heavy (non-hydrogen) atoms. The predicted octanol–water partition coefficient (Wildman–Crippen LogP) is 2.85. The maximum atomic E-state index is 9.39. The Hall–Kier alpha value is -3.28. The predicted molar refractivity (Wildman–Crippen MR) is 103 cm³/mol. The number of piperidine rings is 1. The number of nitriles is 1. The lowest BCUT2D eigenvalue weighted by atomic mass is 10.0. The lowest BCUT2D eigenvalue weighted by Gasteiger charge is -2.39. The zero-order valence-electron chi connectivity index (χ0n) is 15.5. The first-order chi connectivity index (χ1) is 13.8. The summed E-state index contributed by atoms with van der Waals surface area (Å²) in [4.78, 5) is 16.2. The summed E-state index contributed by atoms with van der Waals surface area (Å²) < 4.78 is 5.37. The highest BCUT2D eigenvalue weighted by atomic mass is 16.7. The van der Waals surface area contributed by atoms with Crippen molar-refractivity contribution in [1.29, 1.82) is 5.26 Å². The average molecular weight is 376 g/mol. The fraction of sp³-hybridized carbons (Fsp3) is 0.300. The van der Waals surface area contributed by atoms with Gasteiger partial charge < -0.3 is 4.52 Å². The third-order valence-electron chi connectivity index (χ3n) is 4.82. The number of aromatic nitrogens is 2. The highest BCUT2D eigenvalue weighted by molar-refractivity contribution is 6.03. The molecule has 0 aliphatic carbocycles. The molecule has 4 rings (SSSR count). The van der Waals surface area contributed by atoms with Crippen molar-refractivity contribution in [3.8, 4) is 17.5 Å². The van der Waals surface area contributed by atoms with Gasteiger partial charge in [-0.15, -0.1) is 0 Å². The number of aliphatic imine (C=N–C) groups is 1. The third-order valence-corrected chi connectivity index (χ3v) is 4.82. The van der Waals surface area contributed by atoms with Crippen molar-refractivity contribution in [3.63, 3.8) is 0 Å². The molecule has 2 aliphatic rings.